The summed E-state index contributed by atoms with van der Waals surface area (Å²) in [5.74, 6) is -0.139. The Bertz CT molecular complexity index is 899. The molecule has 23 heavy (non-hydrogen) atoms. The molecule has 0 atom stereocenters. The van der Waals surface area contributed by atoms with E-state index in [2.05, 4.69) is 32.3 Å². The Morgan fingerprint density at radius 2 is 2.04 bits per heavy atom. The summed E-state index contributed by atoms with van der Waals surface area (Å²) >= 11 is 3.45. The Morgan fingerprint density at radius 1 is 1.26 bits per heavy atom. The summed E-state index contributed by atoms with van der Waals surface area (Å²) in [6, 6.07) is 9.81. The summed E-state index contributed by atoms with van der Waals surface area (Å²) in [7, 11) is 0. The van der Waals surface area contributed by atoms with Gasteiger partial charge in [0.15, 0.2) is 0 Å². The second kappa shape index (κ2) is 6.16. The van der Waals surface area contributed by atoms with Gasteiger partial charge in [0, 0.05) is 16.4 Å². The molecule has 1 N–H and O–H groups in total. The summed E-state index contributed by atoms with van der Waals surface area (Å²) in [4.78, 5) is 17.4. The van der Waals surface area contributed by atoms with Crippen molar-refractivity contribution >= 4 is 33.2 Å². The van der Waals surface area contributed by atoms with E-state index in [9.17, 15) is 4.79 Å². The monoisotopic (exact) mass is 371 g/mol. The summed E-state index contributed by atoms with van der Waals surface area (Å²) in [5.41, 5.74) is 5.21. The lowest BCUT2D eigenvalue weighted by Crippen LogP contribution is -2.17. The average molecular weight is 372 g/mol. The van der Waals surface area contributed by atoms with Crippen LogP contribution in [0.2, 0.25) is 0 Å². The fraction of sp³-hybridized carbons (Fsp3) is 0.222. The van der Waals surface area contributed by atoms with E-state index >= 15 is 0 Å². The number of aryl methyl sites for hydroxylation is 3. The molecule has 0 aliphatic heterocycles. The van der Waals surface area contributed by atoms with Crippen LogP contribution >= 0.6 is 15.9 Å². The first-order chi connectivity index (χ1) is 11.0. The lowest BCUT2D eigenvalue weighted by molar-refractivity contribution is 0.102. The van der Waals surface area contributed by atoms with Gasteiger partial charge in [0.1, 0.15) is 11.3 Å². The lowest BCUT2D eigenvalue weighted by atomic mass is 10.1. The second-order valence-electron chi connectivity index (χ2n) is 5.61. The summed E-state index contributed by atoms with van der Waals surface area (Å²) in [6.07, 6.45) is 2.58. The van der Waals surface area contributed by atoms with Gasteiger partial charge in [-0.1, -0.05) is 24.6 Å². The minimum absolute atomic E-state index is 0.139. The number of aromatic nitrogens is 2. The maximum absolute atomic E-state index is 12.8. The number of benzene rings is 1. The Morgan fingerprint density at radius 3 is 2.74 bits per heavy atom. The first kappa shape index (κ1) is 15.7. The second-order valence-corrected chi connectivity index (χ2v) is 6.52. The van der Waals surface area contributed by atoms with Crippen LogP contribution in [0.5, 0.6) is 0 Å². The number of nitrogens with one attached hydrogen (secondary N) is 1. The number of hydrogen-bond donors (Lipinski definition) is 1. The number of imidazole rings is 1. The SMILES string of the molecule is CCc1nc2ccc(Br)cn2c1C(=O)Nc1ccc(C)cc1C. The molecule has 0 aliphatic rings. The Hall–Kier alpha value is -2.14. The van der Waals surface area contributed by atoms with Gasteiger partial charge in [-0.25, -0.2) is 4.98 Å². The minimum atomic E-state index is -0.139. The van der Waals surface area contributed by atoms with Crippen molar-refractivity contribution in [2.24, 2.45) is 0 Å². The van der Waals surface area contributed by atoms with Crippen molar-refractivity contribution in [1.29, 1.82) is 0 Å². The van der Waals surface area contributed by atoms with Crippen LogP contribution < -0.4 is 5.32 Å². The quantitative estimate of drug-likeness (QED) is 0.734. The zero-order valence-corrected chi connectivity index (χ0v) is 14.9. The molecular weight excluding hydrogens is 354 g/mol. The van der Waals surface area contributed by atoms with Crippen LogP contribution in [-0.4, -0.2) is 15.3 Å². The molecule has 2 aromatic heterocycles. The lowest BCUT2D eigenvalue weighted by Gasteiger charge is -2.10. The van der Waals surface area contributed by atoms with Crippen molar-refractivity contribution in [3.05, 3.63) is 63.5 Å². The predicted molar refractivity (Wildman–Crippen MR) is 96.1 cm³/mol. The maximum Gasteiger partial charge on any atom is 0.274 e. The number of hydrogen-bond acceptors (Lipinski definition) is 2. The third-order valence-electron chi connectivity index (χ3n) is 3.83. The Kier molecular flexibility index (Phi) is 4.22. The van der Waals surface area contributed by atoms with E-state index in [1.165, 1.54) is 5.56 Å². The number of rotatable bonds is 3. The zero-order chi connectivity index (χ0) is 16.6. The first-order valence-electron chi connectivity index (χ1n) is 7.54. The van der Waals surface area contributed by atoms with Crippen molar-refractivity contribution in [3.8, 4) is 0 Å². The molecule has 0 unspecified atom stereocenters. The predicted octanol–water partition coefficient (Wildman–Crippen LogP) is 4.53. The van der Waals surface area contributed by atoms with E-state index in [4.69, 9.17) is 0 Å². The van der Waals surface area contributed by atoms with Crippen LogP contribution in [0.25, 0.3) is 5.65 Å². The summed E-state index contributed by atoms with van der Waals surface area (Å²) in [6.45, 7) is 6.04. The van der Waals surface area contributed by atoms with Gasteiger partial charge < -0.3 is 5.32 Å². The van der Waals surface area contributed by atoms with Crippen LogP contribution in [0.4, 0.5) is 5.69 Å². The third-order valence-corrected chi connectivity index (χ3v) is 4.30. The molecular formula is C18H18BrN3O. The van der Waals surface area contributed by atoms with Crippen molar-refractivity contribution in [1.82, 2.24) is 9.38 Å². The molecule has 0 bridgehead atoms. The number of halogens is 1. The van der Waals surface area contributed by atoms with E-state index in [0.29, 0.717) is 12.1 Å². The fourth-order valence-corrected chi connectivity index (χ4v) is 3.03. The molecule has 4 nitrogen and oxygen atoms in total. The highest BCUT2D eigenvalue weighted by molar-refractivity contribution is 9.10. The van der Waals surface area contributed by atoms with Crippen LogP contribution in [-0.2, 0) is 6.42 Å². The van der Waals surface area contributed by atoms with Gasteiger partial charge in [-0.15, -0.1) is 0 Å². The number of nitrogens with zero attached hydrogens (tertiary/aromatic N) is 2. The van der Waals surface area contributed by atoms with Gasteiger partial charge in [-0.3, -0.25) is 9.20 Å². The maximum atomic E-state index is 12.8. The van der Waals surface area contributed by atoms with Crippen molar-refractivity contribution in [2.45, 2.75) is 27.2 Å². The van der Waals surface area contributed by atoms with Crippen LogP contribution in [0, 0.1) is 13.8 Å². The summed E-state index contributed by atoms with van der Waals surface area (Å²) in [5, 5.41) is 3.01. The average Bonchev–Trinajstić information content (AvgIpc) is 2.87. The molecule has 3 rings (SSSR count). The topological polar surface area (TPSA) is 46.4 Å². The number of carbonyl (C=O) groups is 1. The molecule has 1 aromatic carbocycles. The summed E-state index contributed by atoms with van der Waals surface area (Å²) < 4.78 is 2.74. The molecule has 0 fully saturated rings. The Balaban J connectivity index is 2.04. The standard InChI is InChI=1S/C18H18BrN3O/c1-4-14-17(22-10-13(19)6-8-16(22)20-14)18(23)21-15-7-5-11(2)9-12(15)3/h5-10H,4H2,1-3H3,(H,21,23). The molecule has 0 radical (unpaired) electrons. The molecule has 1 amide bonds. The molecule has 0 spiro atoms. The highest BCUT2D eigenvalue weighted by Crippen LogP contribution is 2.21. The van der Waals surface area contributed by atoms with E-state index < -0.39 is 0 Å². The smallest absolute Gasteiger partial charge is 0.274 e. The van der Waals surface area contributed by atoms with Gasteiger partial charge in [0.25, 0.3) is 5.91 Å². The molecule has 3 aromatic rings. The highest BCUT2D eigenvalue weighted by atomic mass is 79.9. The number of fused-ring (bicyclic) bond motifs is 1. The largest absolute Gasteiger partial charge is 0.320 e. The molecule has 118 valence electrons. The Labute approximate surface area is 143 Å². The van der Waals surface area contributed by atoms with Gasteiger partial charge in [0.2, 0.25) is 0 Å². The first-order valence-corrected chi connectivity index (χ1v) is 8.34. The van der Waals surface area contributed by atoms with Gasteiger partial charge in [-0.2, -0.15) is 0 Å². The number of pyridine rings is 1. The molecule has 0 saturated carbocycles. The van der Waals surface area contributed by atoms with E-state index in [1.807, 2.05) is 55.6 Å². The van der Waals surface area contributed by atoms with Crippen LogP contribution in [0.3, 0.4) is 0 Å². The normalized spacial score (nSPS) is 11.0. The molecule has 0 saturated heterocycles. The van der Waals surface area contributed by atoms with Crippen LogP contribution in [0.1, 0.15) is 34.2 Å². The van der Waals surface area contributed by atoms with Gasteiger partial charge >= 0.3 is 0 Å². The molecule has 0 aliphatic carbocycles. The number of amides is 1. The zero-order valence-electron chi connectivity index (χ0n) is 13.4. The third kappa shape index (κ3) is 3.01. The van der Waals surface area contributed by atoms with Crippen molar-refractivity contribution in [3.63, 3.8) is 0 Å². The molecule has 2 heterocycles. The van der Waals surface area contributed by atoms with E-state index in [0.717, 1.165) is 27.1 Å². The molecule has 5 heteroatoms. The van der Waals surface area contributed by atoms with Gasteiger partial charge in [-0.05, 0) is 60.0 Å². The van der Waals surface area contributed by atoms with Crippen LogP contribution in [0.15, 0.2) is 41.0 Å². The fourth-order valence-electron chi connectivity index (χ4n) is 2.69. The van der Waals surface area contributed by atoms with Crippen molar-refractivity contribution < 1.29 is 4.79 Å². The van der Waals surface area contributed by atoms with Gasteiger partial charge in [0.05, 0.1) is 5.69 Å². The number of carbonyl (C=O) groups excluding carboxylic acids is 1. The minimum Gasteiger partial charge on any atom is -0.320 e. The van der Waals surface area contributed by atoms with Crippen molar-refractivity contribution in [2.75, 3.05) is 5.32 Å². The van der Waals surface area contributed by atoms with E-state index in [-0.39, 0.29) is 5.91 Å². The van der Waals surface area contributed by atoms with E-state index in [1.54, 1.807) is 0 Å². The highest BCUT2D eigenvalue weighted by Gasteiger charge is 2.19. The number of anilines is 1.